The Balaban J connectivity index is 1.78. The smallest absolute Gasteiger partial charge is 0.352 e. The largest absolute Gasteiger partial charge is 0.417 e. The summed E-state index contributed by atoms with van der Waals surface area (Å²) < 4.78 is 70.4. The highest BCUT2D eigenvalue weighted by molar-refractivity contribution is 7.92. The number of amides is 2. The minimum atomic E-state index is -4.88. The van der Waals surface area contributed by atoms with Gasteiger partial charge in [0, 0.05) is 12.6 Å². The third-order valence-electron chi connectivity index (χ3n) is 8.20. The molecule has 7 nitrogen and oxygen atoms in total. The van der Waals surface area contributed by atoms with Crippen molar-refractivity contribution in [3.05, 3.63) is 94.0 Å². The molecule has 0 aliphatic heterocycles. The zero-order chi connectivity index (χ0) is 33.6. The summed E-state index contributed by atoms with van der Waals surface area (Å²) in [4.78, 5) is 29.1. The van der Waals surface area contributed by atoms with E-state index >= 15 is 0 Å². The van der Waals surface area contributed by atoms with E-state index in [-0.39, 0.29) is 35.5 Å². The van der Waals surface area contributed by atoms with E-state index in [9.17, 15) is 31.2 Å². The predicted octanol–water partition coefficient (Wildman–Crippen LogP) is 7.43. The predicted molar refractivity (Wildman–Crippen MR) is 173 cm³/mol. The van der Waals surface area contributed by atoms with Crippen LogP contribution in [0.15, 0.2) is 71.6 Å². The molecule has 0 unspecified atom stereocenters. The molecule has 1 aliphatic rings. The molecule has 1 atom stereocenters. The standard InChI is InChI=1S/C34H39ClF3N3O4S/c1-4-31(33(43)39-26-11-6-5-7-12-26)40(21-25-10-8-9-24(3)19-25)32(42)22-41(46(44,45)28-16-13-23(2)14-17-28)27-15-18-30(35)29(20-27)34(36,37)38/h8-10,13-20,26,31H,4-7,11-12,21-22H2,1-3H3,(H,39,43)/t31-/m1/s1. The zero-order valence-electron chi connectivity index (χ0n) is 26.1. The van der Waals surface area contributed by atoms with Gasteiger partial charge in [0.25, 0.3) is 10.0 Å². The topological polar surface area (TPSA) is 86.8 Å². The van der Waals surface area contributed by atoms with Crippen LogP contribution in [0.4, 0.5) is 18.9 Å². The number of hydrogen-bond acceptors (Lipinski definition) is 4. The molecule has 0 radical (unpaired) electrons. The third kappa shape index (κ3) is 8.61. The number of anilines is 1. The fourth-order valence-corrected chi connectivity index (χ4v) is 7.35. The van der Waals surface area contributed by atoms with Crippen molar-refractivity contribution in [1.82, 2.24) is 10.2 Å². The fraction of sp³-hybridized carbons (Fsp3) is 0.412. The maximum Gasteiger partial charge on any atom is 0.417 e. The van der Waals surface area contributed by atoms with E-state index in [1.54, 1.807) is 32.0 Å². The Hall–Kier alpha value is -3.57. The molecule has 1 N–H and O–H groups in total. The summed E-state index contributed by atoms with van der Waals surface area (Å²) in [6.45, 7) is 4.55. The third-order valence-corrected chi connectivity index (χ3v) is 10.3. The van der Waals surface area contributed by atoms with Gasteiger partial charge >= 0.3 is 6.18 Å². The fourth-order valence-electron chi connectivity index (χ4n) is 5.72. The molecule has 2 amide bonds. The van der Waals surface area contributed by atoms with E-state index in [1.165, 1.54) is 17.0 Å². The number of hydrogen-bond donors (Lipinski definition) is 1. The van der Waals surface area contributed by atoms with Gasteiger partial charge in [0.2, 0.25) is 11.8 Å². The Morgan fingerprint density at radius 3 is 2.24 bits per heavy atom. The molecule has 0 bridgehead atoms. The monoisotopic (exact) mass is 677 g/mol. The minimum absolute atomic E-state index is 0.00998. The summed E-state index contributed by atoms with van der Waals surface area (Å²) in [6, 6.07) is 14.9. The maximum absolute atomic E-state index is 14.3. The Bertz CT molecular complexity index is 1640. The normalized spacial score (nSPS) is 14.8. The van der Waals surface area contributed by atoms with Gasteiger partial charge in [0.05, 0.1) is 21.2 Å². The van der Waals surface area contributed by atoms with Crippen molar-refractivity contribution < 1.29 is 31.2 Å². The Morgan fingerprint density at radius 1 is 0.957 bits per heavy atom. The second-order valence-electron chi connectivity index (χ2n) is 11.8. The summed E-state index contributed by atoms with van der Waals surface area (Å²) in [7, 11) is -4.55. The lowest BCUT2D eigenvalue weighted by Gasteiger charge is -2.34. The first kappa shape index (κ1) is 35.3. The van der Waals surface area contributed by atoms with Gasteiger partial charge in [0.1, 0.15) is 12.6 Å². The highest BCUT2D eigenvalue weighted by Gasteiger charge is 2.37. The van der Waals surface area contributed by atoms with Gasteiger partial charge in [-0.2, -0.15) is 13.2 Å². The van der Waals surface area contributed by atoms with Crippen LogP contribution in [0.5, 0.6) is 0 Å². The van der Waals surface area contributed by atoms with E-state index in [1.807, 2.05) is 25.1 Å². The summed E-state index contributed by atoms with van der Waals surface area (Å²) >= 11 is 5.86. The van der Waals surface area contributed by atoms with Crippen LogP contribution in [0.1, 0.15) is 67.7 Å². The number of nitrogens with zero attached hydrogens (tertiary/aromatic N) is 2. The number of carbonyl (C=O) groups is 2. The van der Waals surface area contributed by atoms with Crippen molar-refractivity contribution in [2.45, 2.75) is 89.0 Å². The van der Waals surface area contributed by atoms with Gasteiger partial charge in [0.15, 0.2) is 0 Å². The molecule has 0 aromatic heterocycles. The number of nitrogens with one attached hydrogen (secondary N) is 1. The first-order valence-electron chi connectivity index (χ1n) is 15.3. The molecule has 0 saturated heterocycles. The molecule has 46 heavy (non-hydrogen) atoms. The van der Waals surface area contributed by atoms with Gasteiger partial charge in [-0.1, -0.05) is 85.3 Å². The highest BCUT2D eigenvalue weighted by Crippen LogP contribution is 2.38. The van der Waals surface area contributed by atoms with E-state index in [2.05, 4.69) is 5.32 Å². The zero-order valence-corrected chi connectivity index (χ0v) is 27.7. The second kappa shape index (κ2) is 14.9. The van der Waals surface area contributed by atoms with Crippen LogP contribution < -0.4 is 9.62 Å². The number of carbonyl (C=O) groups excluding carboxylic acids is 2. The number of halogens is 4. The van der Waals surface area contributed by atoms with Crippen molar-refractivity contribution in [1.29, 1.82) is 0 Å². The minimum Gasteiger partial charge on any atom is -0.352 e. The summed E-state index contributed by atoms with van der Waals surface area (Å²) in [6.07, 6.45) is 0.0794. The van der Waals surface area contributed by atoms with Crippen molar-refractivity contribution >= 4 is 39.1 Å². The van der Waals surface area contributed by atoms with Crippen LogP contribution in [0.3, 0.4) is 0 Å². The van der Waals surface area contributed by atoms with E-state index < -0.39 is 45.3 Å². The number of benzene rings is 3. The van der Waals surface area contributed by atoms with Gasteiger partial charge in [-0.15, -0.1) is 0 Å². The average Bonchev–Trinajstić information content (AvgIpc) is 3.00. The number of alkyl halides is 3. The van der Waals surface area contributed by atoms with Crippen molar-refractivity contribution in [2.24, 2.45) is 0 Å². The molecule has 4 rings (SSSR count). The van der Waals surface area contributed by atoms with Crippen LogP contribution in [-0.4, -0.2) is 43.8 Å². The highest BCUT2D eigenvalue weighted by atomic mass is 35.5. The van der Waals surface area contributed by atoms with Crippen LogP contribution in [-0.2, 0) is 32.3 Å². The summed E-state index contributed by atoms with van der Waals surface area (Å²) in [5.74, 6) is -1.10. The number of rotatable bonds is 11. The molecule has 3 aromatic carbocycles. The van der Waals surface area contributed by atoms with E-state index in [0.717, 1.165) is 60.9 Å². The molecule has 3 aromatic rings. The lowest BCUT2D eigenvalue weighted by atomic mass is 9.95. The first-order valence-corrected chi connectivity index (χ1v) is 17.1. The second-order valence-corrected chi connectivity index (χ2v) is 14.0. The SMILES string of the molecule is CC[C@H](C(=O)NC1CCCCC1)N(Cc1cccc(C)c1)C(=O)CN(c1ccc(Cl)c(C(F)(F)F)c1)S(=O)(=O)c1ccc(C)cc1. The van der Waals surface area contributed by atoms with E-state index in [0.29, 0.717) is 10.4 Å². The lowest BCUT2D eigenvalue weighted by Crippen LogP contribution is -2.54. The Kier molecular flexibility index (Phi) is 11.4. The van der Waals surface area contributed by atoms with Gasteiger partial charge < -0.3 is 10.2 Å². The van der Waals surface area contributed by atoms with Crippen molar-refractivity contribution in [2.75, 3.05) is 10.8 Å². The van der Waals surface area contributed by atoms with Crippen molar-refractivity contribution in [3.63, 3.8) is 0 Å². The first-order chi connectivity index (χ1) is 21.7. The lowest BCUT2D eigenvalue weighted by molar-refractivity contribution is -0.140. The van der Waals surface area contributed by atoms with Crippen LogP contribution in [0.2, 0.25) is 5.02 Å². The van der Waals surface area contributed by atoms with Crippen LogP contribution >= 0.6 is 11.6 Å². The van der Waals surface area contributed by atoms with Gasteiger partial charge in [-0.25, -0.2) is 8.42 Å². The molecule has 1 fully saturated rings. The molecule has 1 saturated carbocycles. The number of aryl methyl sites for hydroxylation is 2. The molecule has 0 heterocycles. The molecule has 0 spiro atoms. The summed E-state index contributed by atoms with van der Waals surface area (Å²) in [5, 5.41) is 2.47. The van der Waals surface area contributed by atoms with Gasteiger partial charge in [-0.3, -0.25) is 13.9 Å². The van der Waals surface area contributed by atoms with Crippen LogP contribution in [0, 0.1) is 13.8 Å². The van der Waals surface area contributed by atoms with E-state index in [4.69, 9.17) is 11.6 Å². The van der Waals surface area contributed by atoms with Crippen molar-refractivity contribution in [3.8, 4) is 0 Å². The molecule has 12 heteroatoms. The quantitative estimate of drug-likeness (QED) is 0.229. The number of sulfonamides is 1. The molecular formula is C34H39ClF3N3O4S. The van der Waals surface area contributed by atoms with Crippen LogP contribution in [0.25, 0.3) is 0 Å². The Morgan fingerprint density at radius 2 is 1.63 bits per heavy atom. The molecule has 1 aliphatic carbocycles. The molecular weight excluding hydrogens is 639 g/mol. The van der Waals surface area contributed by atoms with Gasteiger partial charge in [-0.05, 0) is 69.0 Å². The maximum atomic E-state index is 14.3. The summed E-state index contributed by atoms with van der Waals surface area (Å²) in [5.41, 5.74) is 0.788. The Labute approximate surface area is 273 Å². The average molecular weight is 678 g/mol. The molecule has 248 valence electrons.